The molecular formula is C21H21F2N5O2. The first-order chi connectivity index (χ1) is 14.6. The van der Waals surface area contributed by atoms with E-state index in [2.05, 4.69) is 25.3 Å². The average molecular weight is 413 g/mol. The molecule has 2 aromatic heterocycles. The molecule has 30 heavy (non-hydrogen) atoms. The fourth-order valence-electron chi connectivity index (χ4n) is 3.38. The van der Waals surface area contributed by atoms with E-state index in [0.717, 1.165) is 43.9 Å². The first-order valence-corrected chi connectivity index (χ1v) is 9.87. The van der Waals surface area contributed by atoms with Crippen LogP contribution >= 0.6 is 0 Å². The van der Waals surface area contributed by atoms with Crippen LogP contribution in [0.5, 0.6) is 0 Å². The molecule has 0 bridgehead atoms. The number of nitrogens with one attached hydrogen (secondary N) is 1. The van der Waals surface area contributed by atoms with Crippen LogP contribution in [0.25, 0.3) is 11.4 Å². The lowest BCUT2D eigenvalue weighted by atomic mass is 10.2. The van der Waals surface area contributed by atoms with Gasteiger partial charge in [0.1, 0.15) is 17.5 Å². The molecule has 1 aliphatic heterocycles. The number of hydrogen-bond donors (Lipinski definition) is 1. The van der Waals surface area contributed by atoms with Gasteiger partial charge in [-0.1, -0.05) is 24.1 Å². The smallest absolute Gasteiger partial charge is 0.316 e. The zero-order valence-electron chi connectivity index (χ0n) is 16.3. The molecule has 4 rings (SSSR count). The van der Waals surface area contributed by atoms with Crippen LogP contribution in [0, 0.1) is 11.6 Å². The van der Waals surface area contributed by atoms with E-state index in [1.54, 1.807) is 12.3 Å². The fraction of sp³-hybridized carbons (Fsp3) is 0.333. The molecule has 3 heterocycles. The third kappa shape index (κ3) is 4.61. The number of nitrogens with zero attached hydrogens (tertiary/aromatic N) is 4. The molecule has 1 aliphatic rings. The molecular weight excluding hydrogens is 392 g/mol. The molecule has 0 atom stereocenters. The molecule has 156 valence electrons. The Balaban J connectivity index is 1.44. The van der Waals surface area contributed by atoms with E-state index in [9.17, 15) is 13.6 Å². The Morgan fingerprint density at radius 1 is 1.10 bits per heavy atom. The zero-order valence-corrected chi connectivity index (χ0v) is 16.3. The highest BCUT2D eigenvalue weighted by Crippen LogP contribution is 2.23. The summed E-state index contributed by atoms with van der Waals surface area (Å²) in [4.78, 5) is 23.1. The van der Waals surface area contributed by atoms with Gasteiger partial charge in [0.25, 0.3) is 0 Å². The van der Waals surface area contributed by atoms with Gasteiger partial charge in [-0.3, -0.25) is 4.79 Å². The van der Waals surface area contributed by atoms with Crippen molar-refractivity contribution in [2.75, 3.05) is 18.0 Å². The number of rotatable bonds is 5. The van der Waals surface area contributed by atoms with Crippen molar-refractivity contribution in [2.24, 2.45) is 0 Å². The maximum Gasteiger partial charge on any atom is 0.316 e. The molecule has 0 spiro atoms. The normalized spacial score (nSPS) is 14.4. The Morgan fingerprint density at radius 3 is 2.67 bits per heavy atom. The van der Waals surface area contributed by atoms with E-state index in [1.807, 2.05) is 6.07 Å². The van der Waals surface area contributed by atoms with Gasteiger partial charge in [-0.25, -0.2) is 13.8 Å². The minimum atomic E-state index is -0.737. The predicted molar refractivity (Wildman–Crippen MR) is 106 cm³/mol. The molecule has 3 aromatic rings. The maximum atomic E-state index is 13.7. The van der Waals surface area contributed by atoms with E-state index in [-0.39, 0.29) is 23.8 Å². The number of carbonyl (C=O) groups excluding carboxylic acids is 1. The Kier molecular flexibility index (Phi) is 5.97. The van der Waals surface area contributed by atoms with Gasteiger partial charge in [0.05, 0.1) is 0 Å². The molecule has 0 aliphatic carbocycles. The van der Waals surface area contributed by atoms with Gasteiger partial charge in [0.15, 0.2) is 0 Å². The van der Waals surface area contributed by atoms with Crippen molar-refractivity contribution in [1.82, 2.24) is 20.4 Å². The van der Waals surface area contributed by atoms with E-state index in [4.69, 9.17) is 4.52 Å². The lowest BCUT2D eigenvalue weighted by Gasteiger charge is -2.21. The molecule has 1 saturated heterocycles. The Labute approximate surface area is 172 Å². The highest BCUT2D eigenvalue weighted by atomic mass is 19.1. The van der Waals surface area contributed by atoms with E-state index in [0.29, 0.717) is 5.56 Å². The number of hydrogen-bond acceptors (Lipinski definition) is 6. The maximum absolute atomic E-state index is 13.7. The minimum absolute atomic E-state index is 0.128. The van der Waals surface area contributed by atoms with Crippen LogP contribution in [0.1, 0.15) is 41.9 Å². The average Bonchev–Trinajstić information content (AvgIpc) is 3.09. The summed E-state index contributed by atoms with van der Waals surface area (Å²) in [5, 5.41) is 6.37. The first kappa shape index (κ1) is 19.9. The summed E-state index contributed by atoms with van der Waals surface area (Å²) in [6, 6.07) is 6.79. The highest BCUT2D eigenvalue weighted by Gasteiger charge is 2.18. The van der Waals surface area contributed by atoms with Gasteiger partial charge < -0.3 is 14.7 Å². The third-order valence-corrected chi connectivity index (χ3v) is 5.01. The number of amides is 1. The van der Waals surface area contributed by atoms with Gasteiger partial charge in [0.2, 0.25) is 5.82 Å². The second-order valence-corrected chi connectivity index (χ2v) is 7.15. The lowest BCUT2D eigenvalue weighted by molar-refractivity contribution is 0.0906. The summed E-state index contributed by atoms with van der Waals surface area (Å²) in [5.74, 6) is -1.18. The molecule has 0 saturated carbocycles. The Hall–Kier alpha value is -3.36. The predicted octanol–water partition coefficient (Wildman–Crippen LogP) is 3.72. The SMILES string of the molecule is O=C(NCc1ccc(F)cc1F)c1nc(-c2ccnc(N3CCCCCC3)c2)no1. The van der Waals surface area contributed by atoms with Crippen molar-refractivity contribution < 1.29 is 18.1 Å². The third-order valence-electron chi connectivity index (χ3n) is 5.01. The van der Waals surface area contributed by atoms with Gasteiger partial charge >= 0.3 is 11.8 Å². The van der Waals surface area contributed by atoms with Crippen molar-refractivity contribution in [3.63, 3.8) is 0 Å². The molecule has 0 unspecified atom stereocenters. The van der Waals surface area contributed by atoms with Gasteiger partial charge in [0, 0.05) is 43.0 Å². The number of pyridine rings is 1. The standard InChI is InChI=1S/C21H21F2N5O2/c22-16-6-5-15(17(23)12-16)13-25-20(29)21-26-19(27-30-21)14-7-8-24-18(11-14)28-9-3-1-2-4-10-28/h5-8,11-12H,1-4,9-10,13H2,(H,25,29). The number of anilines is 1. The Bertz CT molecular complexity index is 1030. The van der Waals surface area contributed by atoms with Crippen molar-refractivity contribution >= 4 is 11.7 Å². The largest absolute Gasteiger partial charge is 0.357 e. The van der Waals surface area contributed by atoms with Crippen LogP contribution < -0.4 is 10.2 Å². The van der Waals surface area contributed by atoms with E-state index < -0.39 is 17.5 Å². The second kappa shape index (κ2) is 8.98. The van der Waals surface area contributed by atoms with Crippen LogP contribution in [0.2, 0.25) is 0 Å². The quantitative estimate of drug-likeness (QED) is 0.686. The van der Waals surface area contributed by atoms with Crippen molar-refractivity contribution in [1.29, 1.82) is 0 Å². The van der Waals surface area contributed by atoms with Gasteiger partial charge in [-0.15, -0.1) is 0 Å². The summed E-state index contributed by atoms with van der Waals surface area (Å²) in [6.07, 6.45) is 6.39. The first-order valence-electron chi connectivity index (χ1n) is 9.87. The molecule has 1 amide bonds. The van der Waals surface area contributed by atoms with Crippen LogP contribution in [-0.2, 0) is 6.54 Å². The highest BCUT2D eigenvalue weighted by molar-refractivity contribution is 5.89. The fourth-order valence-corrected chi connectivity index (χ4v) is 3.38. The molecule has 1 N–H and O–H groups in total. The van der Waals surface area contributed by atoms with Crippen molar-refractivity contribution in [3.05, 3.63) is 59.6 Å². The van der Waals surface area contributed by atoms with Crippen LogP contribution in [-0.4, -0.2) is 34.1 Å². The summed E-state index contributed by atoms with van der Waals surface area (Å²) >= 11 is 0. The van der Waals surface area contributed by atoms with Crippen LogP contribution in [0.3, 0.4) is 0 Å². The molecule has 1 aromatic carbocycles. The number of halogens is 2. The van der Waals surface area contributed by atoms with Crippen LogP contribution in [0.15, 0.2) is 41.1 Å². The van der Waals surface area contributed by atoms with Crippen molar-refractivity contribution in [3.8, 4) is 11.4 Å². The topological polar surface area (TPSA) is 84.2 Å². The molecule has 0 radical (unpaired) electrons. The van der Waals surface area contributed by atoms with Crippen molar-refractivity contribution in [2.45, 2.75) is 32.2 Å². The number of aromatic nitrogens is 3. The van der Waals surface area contributed by atoms with E-state index in [1.165, 1.54) is 18.9 Å². The van der Waals surface area contributed by atoms with Gasteiger partial charge in [-0.05, 0) is 31.0 Å². The van der Waals surface area contributed by atoms with Gasteiger partial charge in [-0.2, -0.15) is 4.98 Å². The summed E-state index contributed by atoms with van der Waals surface area (Å²) in [6.45, 7) is 1.78. The Morgan fingerprint density at radius 2 is 1.90 bits per heavy atom. The van der Waals surface area contributed by atoms with E-state index >= 15 is 0 Å². The lowest BCUT2D eigenvalue weighted by Crippen LogP contribution is -2.24. The molecule has 1 fully saturated rings. The minimum Gasteiger partial charge on any atom is -0.357 e. The summed E-state index contributed by atoms with van der Waals surface area (Å²) < 4.78 is 31.7. The zero-order chi connectivity index (χ0) is 20.9. The van der Waals surface area contributed by atoms with Crippen LogP contribution in [0.4, 0.5) is 14.6 Å². The summed E-state index contributed by atoms with van der Waals surface area (Å²) in [5.41, 5.74) is 0.845. The summed E-state index contributed by atoms with van der Waals surface area (Å²) in [7, 11) is 0. The number of carbonyl (C=O) groups is 1. The molecule has 9 heteroatoms. The monoisotopic (exact) mass is 413 g/mol. The second-order valence-electron chi connectivity index (χ2n) is 7.15. The number of benzene rings is 1. The molecule has 7 nitrogen and oxygen atoms in total.